The van der Waals surface area contributed by atoms with E-state index in [4.69, 9.17) is 9.84 Å². The lowest BCUT2D eigenvalue weighted by molar-refractivity contribution is -0.147. The molecule has 38 heavy (non-hydrogen) atoms. The first-order valence-corrected chi connectivity index (χ1v) is 14.1. The number of unbranched alkanes of at least 4 members (excludes halogenated alkanes) is 5. The summed E-state index contributed by atoms with van der Waals surface area (Å²) in [6.45, 7) is 1.51. The maximum Gasteiger partial charge on any atom is 0.249 e. The van der Waals surface area contributed by atoms with Gasteiger partial charge in [-0.1, -0.05) is 44.2 Å². The molecule has 8 N–H and O–H groups in total. The summed E-state index contributed by atoms with van der Waals surface area (Å²) in [4.78, 5) is 25.4. The molecule has 2 heterocycles. The highest BCUT2D eigenvalue weighted by Gasteiger charge is 2.45. The molecule has 15 heteroatoms. The van der Waals surface area contributed by atoms with Crippen LogP contribution in [0.15, 0.2) is 6.20 Å². The van der Waals surface area contributed by atoms with E-state index in [1.807, 2.05) is 0 Å². The Balaban J connectivity index is 1.90. The number of carbonyl (C=O) groups is 2. The van der Waals surface area contributed by atoms with Crippen LogP contribution in [0.1, 0.15) is 51.9 Å². The van der Waals surface area contributed by atoms with Crippen LogP contribution < -0.4 is 10.6 Å². The molecule has 0 aromatic carbocycles. The van der Waals surface area contributed by atoms with E-state index in [1.54, 1.807) is 0 Å². The standard InChI is InChI=1S/C23H41N5O9S/c1-2-3-4-5-6-7-8-18(32)24-15(13-38-12-14(30)11-29)22(35)25-17-10-28(27-26-17)9-16(31)21-19(33)20(34)23(36)37-21/h10,14-16,19-21,23,29-31,33-34,36H,2-9,11-13H2,1H3,(H,24,32)(H,25,35)/t14-,15-,16+,19+,20+,21?,23?/m1/s1. The summed E-state index contributed by atoms with van der Waals surface area (Å²) in [6, 6.07) is -0.931. The third-order valence-corrected chi connectivity index (χ3v) is 7.22. The molecule has 2 rings (SSSR count). The molecule has 2 amide bonds. The molecule has 2 unspecified atom stereocenters. The van der Waals surface area contributed by atoms with E-state index in [-0.39, 0.29) is 36.2 Å². The highest BCUT2D eigenvalue weighted by atomic mass is 32.2. The average Bonchev–Trinajstić information content (AvgIpc) is 3.43. The molecule has 1 fully saturated rings. The van der Waals surface area contributed by atoms with Crippen LogP contribution in [0.3, 0.4) is 0 Å². The van der Waals surface area contributed by atoms with Crippen molar-refractivity contribution in [2.24, 2.45) is 0 Å². The summed E-state index contributed by atoms with van der Waals surface area (Å²) in [7, 11) is 0. The van der Waals surface area contributed by atoms with Gasteiger partial charge < -0.3 is 46.0 Å². The number of thioether (sulfide) groups is 1. The Morgan fingerprint density at radius 2 is 1.82 bits per heavy atom. The Hall–Kier alpha value is -1.85. The Labute approximate surface area is 225 Å². The molecule has 0 spiro atoms. The van der Waals surface area contributed by atoms with Gasteiger partial charge >= 0.3 is 0 Å². The molecule has 1 aromatic rings. The van der Waals surface area contributed by atoms with Crippen LogP contribution >= 0.6 is 11.8 Å². The van der Waals surface area contributed by atoms with Crippen molar-refractivity contribution in [2.75, 3.05) is 23.4 Å². The van der Waals surface area contributed by atoms with Crippen molar-refractivity contribution < 1.29 is 45.0 Å². The van der Waals surface area contributed by atoms with E-state index in [0.717, 1.165) is 32.1 Å². The van der Waals surface area contributed by atoms with Crippen LogP contribution in [0.2, 0.25) is 0 Å². The number of nitrogens with one attached hydrogen (secondary N) is 2. The maximum absolute atomic E-state index is 12.9. The molecule has 14 nitrogen and oxygen atoms in total. The molecular weight excluding hydrogens is 522 g/mol. The zero-order valence-electron chi connectivity index (χ0n) is 21.6. The van der Waals surface area contributed by atoms with Gasteiger partial charge in [0.1, 0.15) is 30.5 Å². The van der Waals surface area contributed by atoms with Gasteiger partial charge in [-0.3, -0.25) is 9.59 Å². The van der Waals surface area contributed by atoms with E-state index in [0.29, 0.717) is 6.42 Å². The van der Waals surface area contributed by atoms with E-state index in [2.05, 4.69) is 27.9 Å². The third-order valence-electron chi connectivity index (χ3n) is 6.03. The highest BCUT2D eigenvalue weighted by Crippen LogP contribution is 2.23. The van der Waals surface area contributed by atoms with Gasteiger partial charge in [0.2, 0.25) is 11.8 Å². The summed E-state index contributed by atoms with van der Waals surface area (Å²) in [5, 5.41) is 70.8. The molecule has 0 saturated carbocycles. The zero-order chi connectivity index (χ0) is 28.1. The van der Waals surface area contributed by atoms with Crippen molar-refractivity contribution in [2.45, 2.75) is 101 Å². The average molecular weight is 564 g/mol. The Kier molecular flexibility index (Phi) is 14.5. The molecule has 1 aromatic heterocycles. The number of anilines is 1. The first kappa shape index (κ1) is 32.4. The molecule has 0 bridgehead atoms. The summed E-state index contributed by atoms with van der Waals surface area (Å²) in [5.41, 5.74) is 0. The number of hydrogen-bond acceptors (Lipinski definition) is 12. The number of aliphatic hydroxyl groups is 6. The first-order chi connectivity index (χ1) is 18.2. The van der Waals surface area contributed by atoms with Crippen molar-refractivity contribution in [1.29, 1.82) is 0 Å². The summed E-state index contributed by atoms with van der Waals surface area (Å²) < 4.78 is 6.16. The van der Waals surface area contributed by atoms with Gasteiger partial charge in [-0.2, -0.15) is 11.8 Å². The van der Waals surface area contributed by atoms with Gasteiger partial charge in [0, 0.05) is 17.9 Å². The normalized spacial score (nSPS) is 23.7. The Morgan fingerprint density at radius 1 is 1.11 bits per heavy atom. The van der Waals surface area contributed by atoms with Crippen molar-refractivity contribution in [1.82, 2.24) is 20.3 Å². The van der Waals surface area contributed by atoms with Gasteiger partial charge in [0.05, 0.1) is 25.5 Å². The first-order valence-electron chi connectivity index (χ1n) is 12.9. The van der Waals surface area contributed by atoms with Crippen LogP contribution in [0, 0.1) is 0 Å². The molecule has 218 valence electrons. The van der Waals surface area contributed by atoms with Crippen LogP contribution in [0.4, 0.5) is 5.82 Å². The van der Waals surface area contributed by atoms with E-state index in [9.17, 15) is 35.1 Å². The summed E-state index contributed by atoms with van der Waals surface area (Å²) >= 11 is 1.20. The van der Waals surface area contributed by atoms with Gasteiger partial charge in [0.25, 0.3) is 0 Å². The number of carbonyl (C=O) groups excluding carboxylic acids is 2. The monoisotopic (exact) mass is 563 g/mol. The molecule has 1 aliphatic rings. The number of aliphatic hydroxyl groups excluding tert-OH is 6. The fourth-order valence-electron chi connectivity index (χ4n) is 3.85. The Morgan fingerprint density at radius 3 is 2.47 bits per heavy atom. The number of amides is 2. The molecule has 0 radical (unpaired) electrons. The van der Waals surface area contributed by atoms with E-state index < -0.39 is 55.4 Å². The number of rotatable bonds is 18. The predicted octanol–water partition coefficient (Wildman–Crippen LogP) is -1.66. The van der Waals surface area contributed by atoms with Crippen LogP contribution in [0.25, 0.3) is 0 Å². The van der Waals surface area contributed by atoms with Crippen molar-refractivity contribution in [3.8, 4) is 0 Å². The number of nitrogens with zero attached hydrogens (tertiary/aromatic N) is 3. The summed E-state index contributed by atoms with van der Waals surface area (Å²) in [5.74, 6) is -0.443. The predicted molar refractivity (Wildman–Crippen MR) is 138 cm³/mol. The van der Waals surface area contributed by atoms with Crippen molar-refractivity contribution >= 4 is 29.4 Å². The molecular formula is C23H41N5O9S. The number of hydrogen-bond donors (Lipinski definition) is 8. The van der Waals surface area contributed by atoms with E-state index in [1.165, 1.54) is 22.6 Å². The zero-order valence-corrected chi connectivity index (χ0v) is 22.4. The lowest BCUT2D eigenvalue weighted by Crippen LogP contribution is -2.45. The molecule has 7 atom stereocenters. The molecule has 0 aliphatic carbocycles. The molecule has 1 saturated heterocycles. The minimum atomic E-state index is -1.63. The van der Waals surface area contributed by atoms with Crippen LogP contribution in [0.5, 0.6) is 0 Å². The number of ether oxygens (including phenoxy) is 1. The SMILES string of the molecule is CCCCCCCCC(=O)N[C@H](CSC[C@H](O)CO)C(=O)Nc1cn(C[C@H](O)C2OC(O)[C@@H](O)[C@@H]2O)nn1. The highest BCUT2D eigenvalue weighted by molar-refractivity contribution is 7.99. The largest absolute Gasteiger partial charge is 0.394 e. The second kappa shape index (κ2) is 17.0. The van der Waals surface area contributed by atoms with E-state index >= 15 is 0 Å². The van der Waals surface area contributed by atoms with Gasteiger partial charge in [-0.15, -0.1) is 5.10 Å². The van der Waals surface area contributed by atoms with Gasteiger partial charge in [-0.25, -0.2) is 4.68 Å². The quantitative estimate of drug-likeness (QED) is 0.0941. The van der Waals surface area contributed by atoms with Crippen molar-refractivity contribution in [3.63, 3.8) is 0 Å². The lowest BCUT2D eigenvalue weighted by Gasteiger charge is -2.20. The topological polar surface area (TPSA) is 220 Å². The molecule has 1 aliphatic heterocycles. The van der Waals surface area contributed by atoms with Crippen molar-refractivity contribution in [3.05, 3.63) is 6.20 Å². The second-order valence-corrected chi connectivity index (χ2v) is 10.4. The smallest absolute Gasteiger partial charge is 0.249 e. The van der Waals surface area contributed by atoms with Crippen LogP contribution in [-0.2, 0) is 20.9 Å². The van der Waals surface area contributed by atoms with Gasteiger partial charge in [-0.05, 0) is 6.42 Å². The maximum atomic E-state index is 12.9. The minimum absolute atomic E-state index is 0.0470. The fraction of sp³-hybridized carbons (Fsp3) is 0.826. The van der Waals surface area contributed by atoms with Crippen LogP contribution in [-0.4, -0.2) is 118 Å². The Bertz CT molecular complexity index is 848. The minimum Gasteiger partial charge on any atom is -0.394 e. The third kappa shape index (κ3) is 10.7. The summed E-state index contributed by atoms with van der Waals surface area (Å²) in [6.07, 6.45) is -0.474. The fourth-order valence-corrected chi connectivity index (χ4v) is 4.83. The van der Waals surface area contributed by atoms with Gasteiger partial charge in [0.15, 0.2) is 12.1 Å². The lowest BCUT2D eigenvalue weighted by atomic mass is 10.1. The number of aromatic nitrogens is 3. The second-order valence-electron chi connectivity index (χ2n) is 9.37.